The Labute approximate surface area is 122 Å². The van der Waals surface area contributed by atoms with Crippen molar-refractivity contribution in [2.24, 2.45) is 11.7 Å². The standard InChI is InChI=1S/C15H19FN2O3/c1-10-6-7-11(15(17)20)8-18(10)14(19)9-21-13-5-3-2-4-12(13)16/h2-5,10-11H,6-9H2,1H3,(H2,17,20)/t10-,11-/m1/s1. The Hall–Kier alpha value is -2.11. The van der Waals surface area contributed by atoms with Gasteiger partial charge < -0.3 is 15.4 Å². The number of primary amides is 1. The number of amides is 2. The van der Waals surface area contributed by atoms with Crippen LogP contribution >= 0.6 is 0 Å². The maximum atomic E-state index is 13.4. The van der Waals surface area contributed by atoms with Gasteiger partial charge in [-0.25, -0.2) is 4.39 Å². The van der Waals surface area contributed by atoms with Crippen molar-refractivity contribution in [3.63, 3.8) is 0 Å². The van der Waals surface area contributed by atoms with Crippen molar-refractivity contribution < 1.29 is 18.7 Å². The molecule has 0 unspecified atom stereocenters. The molecule has 1 aromatic carbocycles. The number of benzene rings is 1. The van der Waals surface area contributed by atoms with Crippen molar-refractivity contribution in [1.82, 2.24) is 4.90 Å². The predicted molar refractivity (Wildman–Crippen MR) is 75.0 cm³/mol. The van der Waals surface area contributed by atoms with Crippen molar-refractivity contribution in [1.29, 1.82) is 0 Å². The topological polar surface area (TPSA) is 72.6 Å². The molecule has 1 aliphatic rings. The van der Waals surface area contributed by atoms with Crippen LogP contribution < -0.4 is 10.5 Å². The van der Waals surface area contributed by atoms with Gasteiger partial charge in [-0.15, -0.1) is 0 Å². The van der Waals surface area contributed by atoms with Crippen LogP contribution in [-0.4, -0.2) is 35.9 Å². The molecule has 2 atom stereocenters. The summed E-state index contributed by atoms with van der Waals surface area (Å²) in [6, 6.07) is 5.95. The van der Waals surface area contributed by atoms with E-state index in [4.69, 9.17) is 10.5 Å². The maximum Gasteiger partial charge on any atom is 0.260 e. The Bertz CT molecular complexity index is 535. The van der Waals surface area contributed by atoms with Crippen molar-refractivity contribution >= 4 is 11.8 Å². The SMILES string of the molecule is C[C@@H]1CC[C@@H](C(N)=O)CN1C(=O)COc1ccccc1F. The third kappa shape index (κ3) is 3.71. The van der Waals surface area contributed by atoms with Crippen LogP contribution in [0.2, 0.25) is 0 Å². The quantitative estimate of drug-likeness (QED) is 0.910. The Morgan fingerprint density at radius 2 is 2.10 bits per heavy atom. The zero-order chi connectivity index (χ0) is 15.4. The third-order valence-electron chi connectivity index (χ3n) is 3.79. The summed E-state index contributed by atoms with van der Waals surface area (Å²) in [5, 5.41) is 0. The first-order valence-corrected chi connectivity index (χ1v) is 6.95. The van der Waals surface area contributed by atoms with Gasteiger partial charge in [-0.1, -0.05) is 12.1 Å². The van der Waals surface area contributed by atoms with Gasteiger partial charge in [0, 0.05) is 12.6 Å². The van der Waals surface area contributed by atoms with E-state index < -0.39 is 11.7 Å². The largest absolute Gasteiger partial charge is 0.481 e. The third-order valence-corrected chi connectivity index (χ3v) is 3.79. The van der Waals surface area contributed by atoms with Gasteiger partial charge in [-0.2, -0.15) is 0 Å². The van der Waals surface area contributed by atoms with E-state index in [0.29, 0.717) is 13.0 Å². The molecule has 1 saturated heterocycles. The highest BCUT2D eigenvalue weighted by Crippen LogP contribution is 2.22. The number of para-hydroxylation sites is 1. The van der Waals surface area contributed by atoms with Crippen molar-refractivity contribution in [2.75, 3.05) is 13.2 Å². The molecule has 1 aliphatic heterocycles. The molecule has 1 aromatic rings. The lowest BCUT2D eigenvalue weighted by molar-refractivity contribution is -0.139. The summed E-state index contributed by atoms with van der Waals surface area (Å²) in [6.07, 6.45) is 1.41. The minimum atomic E-state index is -0.507. The van der Waals surface area contributed by atoms with Crippen LogP contribution in [0.5, 0.6) is 5.75 Å². The molecular formula is C15H19FN2O3. The second-order valence-electron chi connectivity index (χ2n) is 5.29. The maximum absolute atomic E-state index is 13.4. The van der Waals surface area contributed by atoms with Crippen LogP contribution in [0.4, 0.5) is 4.39 Å². The number of rotatable bonds is 4. The molecule has 6 heteroatoms. The number of ether oxygens (including phenoxy) is 1. The van der Waals surface area contributed by atoms with Gasteiger partial charge >= 0.3 is 0 Å². The van der Waals surface area contributed by atoms with E-state index in [1.807, 2.05) is 6.92 Å². The first kappa shape index (κ1) is 15.3. The average molecular weight is 294 g/mol. The van der Waals surface area contributed by atoms with Gasteiger partial charge in [-0.05, 0) is 31.9 Å². The number of hydrogen-bond donors (Lipinski definition) is 1. The summed E-state index contributed by atoms with van der Waals surface area (Å²) in [5.41, 5.74) is 5.30. The highest BCUT2D eigenvalue weighted by Gasteiger charge is 2.31. The second kappa shape index (κ2) is 6.56. The summed E-state index contributed by atoms with van der Waals surface area (Å²) in [4.78, 5) is 25.0. The smallest absolute Gasteiger partial charge is 0.260 e. The predicted octanol–water partition coefficient (Wildman–Crippen LogP) is 1.32. The molecule has 1 fully saturated rings. The number of likely N-dealkylation sites (tertiary alicyclic amines) is 1. The molecule has 114 valence electrons. The summed E-state index contributed by atoms with van der Waals surface area (Å²) < 4.78 is 18.6. The first-order chi connectivity index (χ1) is 9.99. The van der Waals surface area contributed by atoms with Gasteiger partial charge in [0.1, 0.15) is 0 Å². The van der Waals surface area contributed by atoms with Crippen LogP contribution in [0, 0.1) is 11.7 Å². The number of nitrogens with zero attached hydrogens (tertiary/aromatic N) is 1. The van der Waals surface area contributed by atoms with Crippen LogP contribution in [0.25, 0.3) is 0 Å². The van der Waals surface area contributed by atoms with E-state index in [9.17, 15) is 14.0 Å². The molecule has 0 bridgehead atoms. The minimum absolute atomic E-state index is 0.0253. The molecule has 0 aliphatic carbocycles. The van der Waals surface area contributed by atoms with Crippen LogP contribution in [0.15, 0.2) is 24.3 Å². The van der Waals surface area contributed by atoms with E-state index in [0.717, 1.165) is 6.42 Å². The number of nitrogens with two attached hydrogens (primary N) is 1. The number of halogens is 1. The molecule has 2 N–H and O–H groups in total. The summed E-state index contributed by atoms with van der Waals surface area (Å²) in [7, 11) is 0. The fourth-order valence-electron chi connectivity index (χ4n) is 2.47. The van der Waals surface area contributed by atoms with Gasteiger partial charge in [-0.3, -0.25) is 9.59 Å². The van der Waals surface area contributed by atoms with E-state index in [2.05, 4.69) is 0 Å². The van der Waals surface area contributed by atoms with Gasteiger partial charge in [0.05, 0.1) is 5.92 Å². The highest BCUT2D eigenvalue weighted by molar-refractivity contribution is 5.81. The van der Waals surface area contributed by atoms with Crippen molar-refractivity contribution in [2.45, 2.75) is 25.8 Å². The van der Waals surface area contributed by atoms with E-state index in [1.54, 1.807) is 17.0 Å². The molecule has 0 saturated carbocycles. The monoisotopic (exact) mass is 294 g/mol. The lowest BCUT2D eigenvalue weighted by Gasteiger charge is -2.36. The summed E-state index contributed by atoms with van der Waals surface area (Å²) in [6.45, 7) is 1.96. The van der Waals surface area contributed by atoms with Gasteiger partial charge in [0.15, 0.2) is 18.2 Å². The average Bonchev–Trinajstić information content (AvgIpc) is 2.46. The van der Waals surface area contributed by atoms with Crippen molar-refractivity contribution in [3.05, 3.63) is 30.1 Å². The van der Waals surface area contributed by atoms with E-state index in [1.165, 1.54) is 12.1 Å². The Kier molecular flexibility index (Phi) is 4.77. The molecule has 2 amide bonds. The zero-order valence-electron chi connectivity index (χ0n) is 11.9. The molecule has 0 radical (unpaired) electrons. The first-order valence-electron chi connectivity index (χ1n) is 6.95. The number of carbonyl (C=O) groups excluding carboxylic acids is 2. The van der Waals surface area contributed by atoms with Crippen LogP contribution in [0.1, 0.15) is 19.8 Å². The minimum Gasteiger partial charge on any atom is -0.481 e. The summed E-state index contributed by atoms with van der Waals surface area (Å²) >= 11 is 0. The normalized spacial score (nSPS) is 21.9. The number of hydrogen-bond acceptors (Lipinski definition) is 3. The van der Waals surface area contributed by atoms with Gasteiger partial charge in [0.25, 0.3) is 5.91 Å². The lowest BCUT2D eigenvalue weighted by atomic mass is 9.93. The molecular weight excluding hydrogens is 275 g/mol. The molecule has 21 heavy (non-hydrogen) atoms. The zero-order valence-corrected chi connectivity index (χ0v) is 11.9. The fourth-order valence-corrected chi connectivity index (χ4v) is 2.47. The second-order valence-corrected chi connectivity index (χ2v) is 5.29. The van der Waals surface area contributed by atoms with Gasteiger partial charge in [0.2, 0.25) is 5.91 Å². The van der Waals surface area contributed by atoms with Crippen molar-refractivity contribution in [3.8, 4) is 5.75 Å². The molecule has 5 nitrogen and oxygen atoms in total. The Morgan fingerprint density at radius 3 is 2.76 bits per heavy atom. The van der Waals surface area contributed by atoms with E-state index >= 15 is 0 Å². The van der Waals surface area contributed by atoms with Crippen LogP contribution in [-0.2, 0) is 9.59 Å². The fraction of sp³-hybridized carbons (Fsp3) is 0.467. The van der Waals surface area contributed by atoms with E-state index in [-0.39, 0.29) is 30.2 Å². The molecule has 0 aromatic heterocycles. The number of carbonyl (C=O) groups is 2. The van der Waals surface area contributed by atoms with Crippen LogP contribution in [0.3, 0.4) is 0 Å². The number of piperidine rings is 1. The highest BCUT2D eigenvalue weighted by atomic mass is 19.1. The Balaban J connectivity index is 1.95. The molecule has 1 heterocycles. The summed E-state index contributed by atoms with van der Waals surface area (Å²) in [5.74, 6) is -1.45. The lowest BCUT2D eigenvalue weighted by Crippen LogP contribution is -2.50. The molecule has 2 rings (SSSR count). The molecule has 0 spiro atoms. The Morgan fingerprint density at radius 1 is 1.38 bits per heavy atom.